The highest BCUT2D eigenvalue weighted by molar-refractivity contribution is 7.10. The Balaban J connectivity index is 1.90. The molecule has 0 unspecified atom stereocenters. The molecular weight excluding hydrogens is 306 g/mol. The number of thiophene rings is 1. The van der Waals surface area contributed by atoms with E-state index in [-0.39, 0.29) is 5.97 Å². The monoisotopic (exact) mass is 321 g/mol. The molecule has 1 aromatic heterocycles. The van der Waals surface area contributed by atoms with E-state index in [1.54, 1.807) is 11.3 Å². The molecule has 0 N–H and O–H groups in total. The van der Waals surface area contributed by atoms with Gasteiger partial charge in [-0.05, 0) is 29.5 Å². The Labute approximate surface area is 133 Å². The number of benzene rings is 1. The second-order valence-corrected chi connectivity index (χ2v) is 6.48. The normalized spacial score (nSPS) is 16.3. The third kappa shape index (κ3) is 3.12. The molecule has 0 fully saturated rings. The maximum atomic E-state index is 11.5. The van der Waals surface area contributed by atoms with Gasteiger partial charge in [-0.2, -0.15) is 0 Å². The quantitative estimate of drug-likeness (QED) is 0.800. The molecule has 1 aliphatic heterocycles. The summed E-state index contributed by atoms with van der Waals surface area (Å²) in [5.41, 5.74) is 2.16. The van der Waals surface area contributed by atoms with E-state index in [9.17, 15) is 4.79 Å². The molecule has 0 radical (unpaired) electrons. The lowest BCUT2D eigenvalue weighted by molar-refractivity contribution is -0.158. The van der Waals surface area contributed by atoms with Crippen molar-refractivity contribution in [3.05, 3.63) is 56.7 Å². The number of carbonyl (C=O) groups excluding carboxylic acids is 1. The van der Waals surface area contributed by atoms with Crippen LogP contribution in [0.1, 0.15) is 29.2 Å². The Morgan fingerprint density at radius 3 is 2.95 bits per heavy atom. The number of ether oxygens (including phenoxy) is 1. The van der Waals surface area contributed by atoms with Crippen molar-refractivity contribution in [3.63, 3.8) is 0 Å². The lowest BCUT2D eigenvalue weighted by atomic mass is 10.1. The smallest absolute Gasteiger partial charge is 0.304 e. The van der Waals surface area contributed by atoms with Gasteiger partial charge in [-0.15, -0.1) is 11.3 Å². The molecule has 3 rings (SSSR count). The number of nitrogens with zero attached hydrogens (tertiary/aromatic N) is 1. The zero-order chi connectivity index (χ0) is 14.8. The first-order valence-corrected chi connectivity index (χ1v) is 8.12. The Bertz CT molecular complexity index is 655. The van der Waals surface area contributed by atoms with Crippen LogP contribution in [0.25, 0.3) is 0 Å². The Morgan fingerprint density at radius 2 is 2.19 bits per heavy atom. The summed E-state index contributed by atoms with van der Waals surface area (Å²) in [5, 5.41) is 2.74. The molecule has 1 atom stereocenters. The third-order valence-corrected chi connectivity index (χ3v) is 4.98. The van der Waals surface area contributed by atoms with Crippen LogP contribution in [-0.4, -0.2) is 17.4 Å². The number of hydrogen-bond donors (Lipinski definition) is 0. The first-order valence-electron chi connectivity index (χ1n) is 6.86. The maximum absolute atomic E-state index is 11.5. The van der Waals surface area contributed by atoms with Crippen LogP contribution >= 0.6 is 22.9 Å². The molecule has 2 aromatic rings. The van der Waals surface area contributed by atoms with E-state index >= 15 is 0 Å². The second kappa shape index (κ2) is 6.18. The van der Waals surface area contributed by atoms with Crippen LogP contribution in [0.3, 0.4) is 0 Å². The van der Waals surface area contributed by atoms with Crippen molar-refractivity contribution >= 4 is 28.9 Å². The molecule has 3 nitrogen and oxygen atoms in total. The van der Waals surface area contributed by atoms with Gasteiger partial charge in [-0.25, -0.2) is 0 Å². The van der Waals surface area contributed by atoms with Gasteiger partial charge in [-0.3, -0.25) is 9.69 Å². The molecule has 21 heavy (non-hydrogen) atoms. The lowest BCUT2D eigenvalue weighted by Gasteiger charge is -2.34. The van der Waals surface area contributed by atoms with Gasteiger partial charge < -0.3 is 4.74 Å². The summed E-state index contributed by atoms with van der Waals surface area (Å²) in [5.74, 6) is -0.295. The minimum absolute atomic E-state index is 0.295. The molecule has 0 saturated carbocycles. The van der Waals surface area contributed by atoms with Crippen molar-refractivity contribution in [1.29, 1.82) is 0 Å². The minimum atomic E-state index is -0.427. The van der Waals surface area contributed by atoms with Gasteiger partial charge >= 0.3 is 5.97 Å². The van der Waals surface area contributed by atoms with Crippen LogP contribution < -0.4 is 0 Å². The largest absolute Gasteiger partial charge is 0.442 e. The van der Waals surface area contributed by atoms with Gasteiger partial charge in [0.1, 0.15) is 0 Å². The molecule has 1 aliphatic rings. The van der Waals surface area contributed by atoms with Crippen molar-refractivity contribution in [2.45, 2.75) is 26.1 Å². The maximum Gasteiger partial charge on any atom is 0.304 e. The van der Waals surface area contributed by atoms with E-state index in [2.05, 4.69) is 16.3 Å². The molecule has 0 saturated heterocycles. The lowest BCUT2D eigenvalue weighted by Crippen LogP contribution is -2.35. The van der Waals surface area contributed by atoms with Crippen LogP contribution in [-0.2, 0) is 22.5 Å². The second-order valence-electron chi connectivity index (χ2n) is 5.07. The first-order chi connectivity index (χ1) is 10.1. The standard InChI is InChI=1S/C16H16ClNO2S/c1-11(19)20-16(13-4-2-3-5-14(13)17)18-8-6-15-12(10-18)7-9-21-15/h2-5,7,9,16H,6,8,10H2,1H3/t16-/m0/s1. The molecule has 0 bridgehead atoms. The van der Waals surface area contributed by atoms with Crippen molar-refractivity contribution < 1.29 is 9.53 Å². The van der Waals surface area contributed by atoms with E-state index in [1.165, 1.54) is 17.4 Å². The van der Waals surface area contributed by atoms with Crippen molar-refractivity contribution in [2.75, 3.05) is 6.54 Å². The Hall–Kier alpha value is -1.36. The average Bonchev–Trinajstić information content (AvgIpc) is 2.93. The van der Waals surface area contributed by atoms with Crippen molar-refractivity contribution in [1.82, 2.24) is 4.90 Å². The minimum Gasteiger partial charge on any atom is -0.442 e. The van der Waals surface area contributed by atoms with Crippen LogP contribution in [0.5, 0.6) is 0 Å². The van der Waals surface area contributed by atoms with E-state index in [0.29, 0.717) is 5.02 Å². The van der Waals surface area contributed by atoms with Gasteiger partial charge in [0.25, 0.3) is 0 Å². The highest BCUT2D eigenvalue weighted by Gasteiger charge is 2.28. The van der Waals surface area contributed by atoms with Crippen LogP contribution in [0, 0.1) is 0 Å². The van der Waals surface area contributed by atoms with Gasteiger partial charge in [0, 0.05) is 35.5 Å². The fraction of sp³-hybridized carbons (Fsp3) is 0.312. The first kappa shape index (κ1) is 14.6. The Kier molecular flexibility index (Phi) is 4.29. The number of esters is 1. The summed E-state index contributed by atoms with van der Waals surface area (Å²) in [7, 11) is 0. The summed E-state index contributed by atoms with van der Waals surface area (Å²) in [4.78, 5) is 15.1. The highest BCUT2D eigenvalue weighted by Crippen LogP contribution is 2.33. The predicted molar refractivity (Wildman–Crippen MR) is 84.4 cm³/mol. The fourth-order valence-corrected chi connectivity index (χ4v) is 3.76. The van der Waals surface area contributed by atoms with Gasteiger partial charge in [0.05, 0.1) is 0 Å². The third-order valence-electron chi connectivity index (χ3n) is 3.62. The van der Waals surface area contributed by atoms with Crippen LogP contribution in [0.4, 0.5) is 0 Å². The van der Waals surface area contributed by atoms with Gasteiger partial charge in [0.15, 0.2) is 6.23 Å². The molecule has 5 heteroatoms. The number of hydrogen-bond acceptors (Lipinski definition) is 4. The summed E-state index contributed by atoms with van der Waals surface area (Å²) < 4.78 is 5.55. The summed E-state index contributed by atoms with van der Waals surface area (Å²) >= 11 is 8.08. The number of rotatable bonds is 3. The molecule has 2 heterocycles. The number of fused-ring (bicyclic) bond motifs is 1. The molecule has 0 aliphatic carbocycles. The van der Waals surface area contributed by atoms with E-state index < -0.39 is 6.23 Å². The fourth-order valence-electron chi connectivity index (χ4n) is 2.64. The summed E-state index contributed by atoms with van der Waals surface area (Å²) in [6.07, 6.45) is 0.555. The molecule has 0 spiro atoms. The number of carbonyl (C=O) groups is 1. The van der Waals surface area contributed by atoms with Crippen LogP contribution in [0.15, 0.2) is 35.7 Å². The highest BCUT2D eigenvalue weighted by atomic mass is 35.5. The summed E-state index contributed by atoms with van der Waals surface area (Å²) in [6.45, 7) is 3.07. The summed E-state index contributed by atoms with van der Waals surface area (Å²) in [6, 6.07) is 9.68. The number of halogens is 1. The predicted octanol–water partition coefficient (Wildman–Crippen LogP) is 4.02. The average molecular weight is 322 g/mol. The topological polar surface area (TPSA) is 29.5 Å². The SMILES string of the molecule is CC(=O)O[C@@H](c1ccccc1Cl)N1CCc2sccc2C1. The van der Waals surface area contributed by atoms with Gasteiger partial charge in [0.2, 0.25) is 0 Å². The zero-order valence-corrected chi connectivity index (χ0v) is 13.3. The molecule has 110 valence electrons. The molecule has 1 aromatic carbocycles. The van der Waals surface area contributed by atoms with Gasteiger partial charge in [-0.1, -0.05) is 29.8 Å². The van der Waals surface area contributed by atoms with E-state index in [4.69, 9.17) is 16.3 Å². The van der Waals surface area contributed by atoms with E-state index in [0.717, 1.165) is 25.1 Å². The zero-order valence-electron chi connectivity index (χ0n) is 11.7. The van der Waals surface area contributed by atoms with Crippen LogP contribution in [0.2, 0.25) is 5.02 Å². The molecule has 0 amide bonds. The molecular formula is C16H16ClNO2S. The van der Waals surface area contributed by atoms with Crippen molar-refractivity contribution in [2.24, 2.45) is 0 Å². The van der Waals surface area contributed by atoms with E-state index in [1.807, 2.05) is 24.3 Å². The Morgan fingerprint density at radius 1 is 1.38 bits per heavy atom. The van der Waals surface area contributed by atoms with Crippen molar-refractivity contribution in [3.8, 4) is 0 Å².